The highest BCUT2D eigenvalue weighted by Gasteiger charge is 2.29. The molecule has 1 amide bonds. The Bertz CT molecular complexity index is 503. The average molecular weight is 303 g/mol. The van der Waals surface area contributed by atoms with E-state index in [1.54, 1.807) is 0 Å². The maximum absolute atomic E-state index is 12.1. The van der Waals surface area contributed by atoms with Gasteiger partial charge in [0.05, 0.1) is 7.05 Å². The van der Waals surface area contributed by atoms with Gasteiger partial charge in [-0.1, -0.05) is 6.42 Å². The number of nitrogens with zero attached hydrogens (tertiary/aromatic N) is 2. The number of hydrogen-bond acceptors (Lipinski definition) is 4. The highest BCUT2D eigenvalue weighted by Crippen LogP contribution is 2.25. The van der Waals surface area contributed by atoms with Crippen molar-refractivity contribution in [1.82, 2.24) is 9.88 Å². The number of nitrogens with two attached hydrogens (primary N) is 1. The Morgan fingerprint density at radius 1 is 1.55 bits per heavy atom. The Hall–Kier alpha value is -1.60. The summed E-state index contributed by atoms with van der Waals surface area (Å²) in [5.74, 6) is -0.0629. The van der Waals surface area contributed by atoms with Crippen LogP contribution >= 0.6 is 12.4 Å². The van der Waals surface area contributed by atoms with Crippen LogP contribution in [0.3, 0.4) is 0 Å². The van der Waals surface area contributed by atoms with Gasteiger partial charge in [0.25, 0.3) is 5.91 Å². The SMILES string of the molecule is Cl.Cn1c(C(=O)NC2CCCC2CN)ccc1[N+](=O)[O-]. The minimum absolute atomic E-state index is 0. The monoisotopic (exact) mass is 302 g/mol. The molecule has 8 heteroatoms. The van der Waals surface area contributed by atoms with Crippen LogP contribution in [0.5, 0.6) is 0 Å². The third kappa shape index (κ3) is 3.10. The first-order valence-electron chi connectivity index (χ1n) is 6.35. The second-order valence-electron chi connectivity index (χ2n) is 4.90. The summed E-state index contributed by atoms with van der Waals surface area (Å²) in [6, 6.07) is 2.88. The third-order valence-corrected chi connectivity index (χ3v) is 3.79. The molecule has 2 atom stereocenters. The van der Waals surface area contributed by atoms with Crippen LogP contribution in [-0.4, -0.2) is 28.0 Å². The van der Waals surface area contributed by atoms with Crippen molar-refractivity contribution in [3.63, 3.8) is 0 Å². The number of amides is 1. The van der Waals surface area contributed by atoms with Crippen LogP contribution in [0.2, 0.25) is 0 Å². The van der Waals surface area contributed by atoms with Crippen molar-refractivity contribution in [2.45, 2.75) is 25.3 Å². The van der Waals surface area contributed by atoms with Gasteiger partial charge < -0.3 is 21.2 Å². The third-order valence-electron chi connectivity index (χ3n) is 3.79. The number of aromatic nitrogens is 1. The Kier molecular flexibility index (Phi) is 5.52. The van der Waals surface area contributed by atoms with Gasteiger partial charge in [0.15, 0.2) is 5.69 Å². The van der Waals surface area contributed by atoms with Gasteiger partial charge in [-0.2, -0.15) is 0 Å². The highest BCUT2D eigenvalue weighted by atomic mass is 35.5. The number of carbonyl (C=O) groups is 1. The van der Waals surface area contributed by atoms with Gasteiger partial charge in [-0.3, -0.25) is 4.79 Å². The topological polar surface area (TPSA) is 103 Å². The molecule has 0 bridgehead atoms. The lowest BCUT2D eigenvalue weighted by molar-refractivity contribution is -0.391. The van der Waals surface area contributed by atoms with Crippen molar-refractivity contribution in [2.24, 2.45) is 18.7 Å². The number of nitrogens with one attached hydrogen (secondary N) is 1. The predicted molar refractivity (Wildman–Crippen MR) is 77.0 cm³/mol. The van der Waals surface area contributed by atoms with E-state index in [2.05, 4.69) is 5.32 Å². The van der Waals surface area contributed by atoms with E-state index in [1.165, 1.54) is 23.7 Å². The zero-order valence-corrected chi connectivity index (χ0v) is 12.1. The summed E-state index contributed by atoms with van der Waals surface area (Å²) < 4.78 is 1.29. The van der Waals surface area contributed by atoms with Gasteiger partial charge in [-0.25, -0.2) is 4.57 Å². The van der Waals surface area contributed by atoms with E-state index in [0.717, 1.165) is 19.3 Å². The van der Waals surface area contributed by atoms with Crippen molar-refractivity contribution < 1.29 is 9.72 Å². The smallest absolute Gasteiger partial charge is 0.323 e. The van der Waals surface area contributed by atoms with E-state index in [4.69, 9.17) is 5.73 Å². The van der Waals surface area contributed by atoms with Gasteiger partial charge in [0.1, 0.15) is 0 Å². The second kappa shape index (κ2) is 6.71. The molecule has 1 aromatic heterocycles. The van der Waals surface area contributed by atoms with Crippen molar-refractivity contribution in [2.75, 3.05) is 6.54 Å². The van der Waals surface area contributed by atoms with Gasteiger partial charge in [0, 0.05) is 12.1 Å². The summed E-state index contributed by atoms with van der Waals surface area (Å²) in [6.07, 6.45) is 2.99. The summed E-state index contributed by atoms with van der Waals surface area (Å²) >= 11 is 0. The molecule has 1 heterocycles. The van der Waals surface area contributed by atoms with Crippen molar-refractivity contribution >= 4 is 24.1 Å². The highest BCUT2D eigenvalue weighted by molar-refractivity contribution is 5.93. The fourth-order valence-electron chi connectivity index (χ4n) is 2.66. The van der Waals surface area contributed by atoms with Crippen LogP contribution in [0, 0.1) is 16.0 Å². The van der Waals surface area contributed by atoms with E-state index >= 15 is 0 Å². The van der Waals surface area contributed by atoms with Crippen LogP contribution in [0.15, 0.2) is 12.1 Å². The fraction of sp³-hybridized carbons (Fsp3) is 0.583. The molecule has 2 unspecified atom stereocenters. The zero-order chi connectivity index (χ0) is 14.0. The Morgan fingerprint density at radius 3 is 2.80 bits per heavy atom. The van der Waals surface area contributed by atoms with Crippen molar-refractivity contribution in [3.05, 3.63) is 27.9 Å². The van der Waals surface area contributed by atoms with Gasteiger partial charge >= 0.3 is 5.82 Å². The van der Waals surface area contributed by atoms with Gasteiger partial charge in [0.2, 0.25) is 0 Å². The lowest BCUT2D eigenvalue weighted by atomic mass is 10.0. The van der Waals surface area contributed by atoms with Crippen LogP contribution in [0.25, 0.3) is 0 Å². The van der Waals surface area contributed by atoms with E-state index < -0.39 is 4.92 Å². The molecular weight excluding hydrogens is 284 g/mol. The Balaban J connectivity index is 0.00000200. The van der Waals surface area contributed by atoms with Gasteiger partial charge in [-0.05, 0) is 36.3 Å². The quantitative estimate of drug-likeness (QED) is 0.644. The predicted octanol–water partition coefficient (Wildman–Crippen LogP) is 1.21. The van der Waals surface area contributed by atoms with E-state index in [1.807, 2.05) is 0 Å². The normalized spacial score (nSPS) is 21.3. The molecule has 1 saturated carbocycles. The van der Waals surface area contributed by atoms with Gasteiger partial charge in [-0.15, -0.1) is 12.4 Å². The number of rotatable bonds is 4. The minimum Gasteiger partial charge on any atom is -0.358 e. The molecule has 3 N–H and O–H groups in total. The van der Waals surface area contributed by atoms with Crippen LogP contribution in [-0.2, 0) is 7.05 Å². The number of carbonyl (C=O) groups excluding carboxylic acids is 1. The maximum Gasteiger partial charge on any atom is 0.323 e. The molecule has 2 rings (SSSR count). The molecular formula is C12H19ClN4O3. The molecule has 1 aliphatic rings. The summed E-state index contributed by atoms with van der Waals surface area (Å²) in [4.78, 5) is 22.4. The van der Waals surface area contributed by atoms with Crippen LogP contribution < -0.4 is 11.1 Å². The van der Waals surface area contributed by atoms with E-state index in [9.17, 15) is 14.9 Å². The summed E-state index contributed by atoms with van der Waals surface area (Å²) in [7, 11) is 1.52. The Labute approximate surface area is 123 Å². The Morgan fingerprint density at radius 2 is 2.25 bits per heavy atom. The van der Waals surface area contributed by atoms with Crippen LogP contribution in [0.4, 0.5) is 5.82 Å². The first kappa shape index (κ1) is 16.5. The molecule has 20 heavy (non-hydrogen) atoms. The van der Waals surface area contributed by atoms with E-state index in [0.29, 0.717) is 18.2 Å². The average Bonchev–Trinajstić information content (AvgIpc) is 2.95. The van der Waals surface area contributed by atoms with E-state index in [-0.39, 0.29) is 30.2 Å². The van der Waals surface area contributed by atoms with Crippen LogP contribution in [0.1, 0.15) is 29.8 Å². The number of nitro groups is 1. The molecule has 0 radical (unpaired) electrons. The first-order chi connectivity index (χ1) is 9.04. The first-order valence-corrected chi connectivity index (χ1v) is 6.35. The second-order valence-corrected chi connectivity index (χ2v) is 4.90. The minimum atomic E-state index is -0.505. The molecule has 1 aromatic rings. The van der Waals surface area contributed by atoms with Crippen molar-refractivity contribution in [3.8, 4) is 0 Å². The molecule has 112 valence electrons. The lowest BCUT2D eigenvalue weighted by Gasteiger charge is -2.18. The molecule has 0 saturated heterocycles. The number of hydrogen-bond donors (Lipinski definition) is 2. The summed E-state index contributed by atoms with van der Waals surface area (Å²) in [5.41, 5.74) is 5.97. The summed E-state index contributed by atoms with van der Waals surface area (Å²) in [6.45, 7) is 0.554. The van der Waals surface area contributed by atoms with Crippen molar-refractivity contribution in [1.29, 1.82) is 0 Å². The summed E-state index contributed by atoms with van der Waals surface area (Å²) in [5, 5.41) is 13.7. The lowest BCUT2D eigenvalue weighted by Crippen LogP contribution is -2.40. The molecule has 0 spiro atoms. The zero-order valence-electron chi connectivity index (χ0n) is 11.2. The molecule has 1 aliphatic carbocycles. The largest absolute Gasteiger partial charge is 0.358 e. The maximum atomic E-state index is 12.1. The standard InChI is InChI=1S/C12H18N4O3.ClH/c1-15-10(5-6-11(15)16(18)19)12(17)14-9-4-2-3-8(9)7-13;/h5-6,8-9H,2-4,7,13H2,1H3,(H,14,17);1H. The number of halogens is 1. The molecule has 0 aromatic carbocycles. The molecule has 0 aliphatic heterocycles. The molecule has 1 fully saturated rings. The molecule has 7 nitrogen and oxygen atoms in total. The fourth-order valence-corrected chi connectivity index (χ4v) is 2.66.